The van der Waals surface area contributed by atoms with Crippen molar-refractivity contribution in [2.24, 2.45) is 0 Å². The summed E-state index contributed by atoms with van der Waals surface area (Å²) in [7, 11) is 0. The van der Waals surface area contributed by atoms with Gasteiger partial charge in [0.25, 0.3) is 0 Å². The summed E-state index contributed by atoms with van der Waals surface area (Å²) < 4.78 is 1.65. The molecule has 0 aliphatic carbocycles. The van der Waals surface area contributed by atoms with E-state index in [-0.39, 0.29) is 16.9 Å². The third-order valence-electron chi connectivity index (χ3n) is 3.21. The normalized spacial score (nSPS) is 10.9. The lowest BCUT2D eigenvalue weighted by Gasteiger charge is -2.13. The van der Waals surface area contributed by atoms with Gasteiger partial charge in [-0.2, -0.15) is 10.3 Å². The predicted molar refractivity (Wildman–Crippen MR) is 87.0 cm³/mol. The highest BCUT2D eigenvalue weighted by molar-refractivity contribution is 6.42. The monoisotopic (exact) mass is 350 g/mol. The highest BCUT2D eigenvalue weighted by atomic mass is 35.5. The fourth-order valence-electron chi connectivity index (χ4n) is 2.19. The van der Waals surface area contributed by atoms with E-state index >= 15 is 0 Å². The second-order valence-corrected chi connectivity index (χ2v) is 5.66. The van der Waals surface area contributed by atoms with Crippen LogP contribution in [-0.2, 0) is 6.42 Å². The van der Waals surface area contributed by atoms with Gasteiger partial charge in [-0.3, -0.25) is 4.79 Å². The van der Waals surface area contributed by atoms with Crippen molar-refractivity contribution in [1.82, 2.24) is 30.4 Å². The molecule has 2 aromatic heterocycles. The first-order valence-electron chi connectivity index (χ1n) is 6.92. The molecule has 3 aromatic rings. The third-order valence-corrected chi connectivity index (χ3v) is 3.95. The van der Waals surface area contributed by atoms with Crippen molar-refractivity contribution < 1.29 is 0 Å². The molecule has 1 aromatic carbocycles. The number of nitrogens with one attached hydrogen (secondary N) is 1. The maximum absolute atomic E-state index is 12.3. The second-order valence-electron chi connectivity index (χ2n) is 4.84. The summed E-state index contributed by atoms with van der Waals surface area (Å²) in [6, 6.07) is 6.69. The van der Waals surface area contributed by atoms with E-state index in [0.29, 0.717) is 22.2 Å². The minimum Gasteiger partial charge on any atom is -0.287 e. The van der Waals surface area contributed by atoms with E-state index in [9.17, 15) is 4.79 Å². The van der Waals surface area contributed by atoms with E-state index in [4.69, 9.17) is 23.2 Å². The molecule has 0 fully saturated rings. The molecule has 2 heterocycles. The molecule has 7 nitrogen and oxygen atoms in total. The number of benzene rings is 1. The number of tetrazole rings is 1. The van der Waals surface area contributed by atoms with Gasteiger partial charge in [0.2, 0.25) is 11.3 Å². The van der Waals surface area contributed by atoms with Crippen LogP contribution in [0.25, 0.3) is 17.2 Å². The summed E-state index contributed by atoms with van der Waals surface area (Å²) >= 11 is 12.1. The van der Waals surface area contributed by atoms with Gasteiger partial charge < -0.3 is 0 Å². The van der Waals surface area contributed by atoms with Crippen molar-refractivity contribution in [2.45, 2.75) is 19.8 Å². The first-order valence-corrected chi connectivity index (χ1v) is 7.68. The molecule has 118 valence electrons. The lowest BCUT2D eigenvalue weighted by molar-refractivity contribution is 0.738. The van der Waals surface area contributed by atoms with Crippen molar-refractivity contribution in [2.75, 3.05) is 0 Å². The smallest absolute Gasteiger partial charge is 0.228 e. The van der Waals surface area contributed by atoms with E-state index in [1.54, 1.807) is 22.9 Å². The summed E-state index contributed by atoms with van der Waals surface area (Å²) in [5.74, 6) is 0.145. The number of hydrogen-bond acceptors (Lipinski definition) is 5. The SMILES string of the molecule is CCCc1cc(=O)c(-c2nn[nH]n2)nn1-c1ccc(Cl)c(Cl)c1. The van der Waals surface area contributed by atoms with Crippen LogP contribution in [0.5, 0.6) is 0 Å². The van der Waals surface area contributed by atoms with Gasteiger partial charge in [0, 0.05) is 11.8 Å². The highest BCUT2D eigenvalue weighted by Gasteiger charge is 2.15. The van der Waals surface area contributed by atoms with Crippen LogP contribution in [-0.4, -0.2) is 30.4 Å². The molecule has 1 N–H and O–H groups in total. The average Bonchev–Trinajstić information content (AvgIpc) is 3.05. The molecule has 0 spiro atoms. The number of aromatic amines is 1. The number of aromatic nitrogens is 6. The Balaban J connectivity index is 2.22. The predicted octanol–water partition coefficient (Wildman–Crippen LogP) is 2.67. The largest absolute Gasteiger partial charge is 0.287 e. The molecule has 3 rings (SSSR count). The molecule has 0 aliphatic heterocycles. The highest BCUT2D eigenvalue weighted by Crippen LogP contribution is 2.25. The Hall–Kier alpha value is -2.25. The van der Waals surface area contributed by atoms with Gasteiger partial charge in [0.15, 0.2) is 5.69 Å². The Bertz CT molecular complexity index is 891. The molecule has 23 heavy (non-hydrogen) atoms. The zero-order chi connectivity index (χ0) is 16.4. The molecule has 0 saturated heterocycles. The van der Waals surface area contributed by atoms with Crippen molar-refractivity contribution >= 4 is 23.2 Å². The summed E-state index contributed by atoms with van der Waals surface area (Å²) in [6.45, 7) is 2.02. The van der Waals surface area contributed by atoms with Crippen LogP contribution in [0.4, 0.5) is 0 Å². The van der Waals surface area contributed by atoms with E-state index in [1.807, 2.05) is 6.92 Å². The molecule has 0 aliphatic rings. The molecule has 0 amide bonds. The van der Waals surface area contributed by atoms with Crippen LogP contribution in [0.3, 0.4) is 0 Å². The maximum Gasteiger partial charge on any atom is 0.228 e. The summed E-state index contributed by atoms with van der Waals surface area (Å²) in [5, 5.41) is 18.7. The Labute approximate surface area is 141 Å². The van der Waals surface area contributed by atoms with Gasteiger partial charge in [0.1, 0.15) is 0 Å². The van der Waals surface area contributed by atoms with Crippen molar-refractivity contribution in [3.05, 3.63) is 50.2 Å². The molecular weight excluding hydrogens is 339 g/mol. The van der Waals surface area contributed by atoms with Gasteiger partial charge in [-0.15, -0.1) is 10.2 Å². The first kappa shape index (κ1) is 15.6. The molecule has 0 unspecified atom stereocenters. The lowest BCUT2D eigenvalue weighted by atomic mass is 10.2. The van der Waals surface area contributed by atoms with Gasteiger partial charge in [-0.25, -0.2) is 4.68 Å². The van der Waals surface area contributed by atoms with Gasteiger partial charge in [-0.1, -0.05) is 36.5 Å². The van der Waals surface area contributed by atoms with Crippen molar-refractivity contribution in [1.29, 1.82) is 0 Å². The maximum atomic E-state index is 12.3. The minimum absolute atomic E-state index is 0.115. The first-order chi connectivity index (χ1) is 11.1. The minimum atomic E-state index is -0.258. The van der Waals surface area contributed by atoms with E-state index in [2.05, 4.69) is 25.7 Å². The Morgan fingerprint density at radius 3 is 2.70 bits per heavy atom. The fraction of sp³-hybridized carbons (Fsp3) is 0.214. The van der Waals surface area contributed by atoms with Crippen molar-refractivity contribution in [3.63, 3.8) is 0 Å². The number of aryl methyl sites for hydroxylation is 1. The Morgan fingerprint density at radius 1 is 1.22 bits per heavy atom. The zero-order valence-corrected chi connectivity index (χ0v) is 13.6. The van der Waals surface area contributed by atoms with E-state index < -0.39 is 0 Å². The van der Waals surface area contributed by atoms with Crippen LogP contribution in [0.15, 0.2) is 29.1 Å². The quantitative estimate of drug-likeness (QED) is 0.781. The van der Waals surface area contributed by atoms with Crippen LogP contribution >= 0.6 is 23.2 Å². The topological polar surface area (TPSA) is 89.3 Å². The Morgan fingerprint density at radius 2 is 2.04 bits per heavy atom. The fourth-order valence-corrected chi connectivity index (χ4v) is 2.48. The molecule has 0 saturated carbocycles. The standard InChI is InChI=1S/C14H12Cl2N6O/c1-2-3-8-7-12(23)13(14-17-20-21-18-14)19-22(8)9-4-5-10(15)11(16)6-9/h4-7H,2-3H2,1H3,(H,17,18,20,21). The molecule has 0 radical (unpaired) electrons. The summed E-state index contributed by atoms with van der Waals surface area (Å²) in [5.41, 5.74) is 1.33. The van der Waals surface area contributed by atoms with Crippen LogP contribution < -0.4 is 5.43 Å². The lowest BCUT2D eigenvalue weighted by Crippen LogP contribution is -2.18. The molecule has 9 heteroatoms. The summed E-state index contributed by atoms with van der Waals surface area (Å²) in [6.07, 6.45) is 1.55. The van der Waals surface area contributed by atoms with E-state index in [0.717, 1.165) is 12.1 Å². The molecule has 0 atom stereocenters. The number of H-pyrrole nitrogens is 1. The zero-order valence-electron chi connectivity index (χ0n) is 12.1. The van der Waals surface area contributed by atoms with Gasteiger partial charge in [0.05, 0.1) is 15.7 Å². The van der Waals surface area contributed by atoms with Crippen LogP contribution in [0.2, 0.25) is 10.0 Å². The van der Waals surface area contributed by atoms with Crippen LogP contribution in [0, 0.1) is 0 Å². The third kappa shape index (κ3) is 3.11. The second kappa shape index (κ2) is 6.47. The molecule has 0 bridgehead atoms. The van der Waals surface area contributed by atoms with Crippen molar-refractivity contribution in [3.8, 4) is 17.2 Å². The van der Waals surface area contributed by atoms with Gasteiger partial charge >= 0.3 is 0 Å². The molecular formula is C14H12Cl2N6O. The number of hydrogen-bond donors (Lipinski definition) is 1. The Kier molecular flexibility index (Phi) is 4.40. The average molecular weight is 351 g/mol. The van der Waals surface area contributed by atoms with Gasteiger partial charge in [-0.05, 0) is 29.8 Å². The number of halogens is 2. The number of rotatable bonds is 4. The van der Waals surface area contributed by atoms with E-state index in [1.165, 1.54) is 6.07 Å². The number of nitrogens with zero attached hydrogens (tertiary/aromatic N) is 5. The summed E-state index contributed by atoms with van der Waals surface area (Å²) in [4.78, 5) is 12.3. The van der Waals surface area contributed by atoms with Crippen LogP contribution in [0.1, 0.15) is 19.0 Å².